The van der Waals surface area contributed by atoms with Crippen LogP contribution in [0.3, 0.4) is 0 Å². The van der Waals surface area contributed by atoms with Crippen LogP contribution in [0.5, 0.6) is 5.75 Å². The van der Waals surface area contributed by atoms with Gasteiger partial charge in [0.15, 0.2) is 0 Å². The Hall–Kier alpha value is -3.05. The molecule has 172 valence electrons. The van der Waals surface area contributed by atoms with Gasteiger partial charge in [-0.1, -0.05) is 12.1 Å². The minimum atomic E-state index is -4.14. The number of nitro groups is 1. The Balaban J connectivity index is 1.99. The van der Waals surface area contributed by atoms with Crippen molar-refractivity contribution in [2.24, 2.45) is 0 Å². The number of non-ortho nitro benzene ring substituents is 1. The summed E-state index contributed by atoms with van der Waals surface area (Å²) in [7, 11) is -2.69. The second kappa shape index (κ2) is 9.21. The predicted octanol–water partition coefficient (Wildman–Crippen LogP) is 3.33. The molecule has 2 aromatic carbocycles. The van der Waals surface area contributed by atoms with Crippen molar-refractivity contribution < 1.29 is 32.0 Å². The summed E-state index contributed by atoms with van der Waals surface area (Å²) in [5.74, 6) is -0.545. The minimum absolute atomic E-state index is 0.0270. The van der Waals surface area contributed by atoms with Crippen LogP contribution >= 0.6 is 0 Å². The molecule has 1 fully saturated rings. The van der Waals surface area contributed by atoms with Crippen LogP contribution in [0.2, 0.25) is 0 Å². The van der Waals surface area contributed by atoms with Gasteiger partial charge in [0, 0.05) is 43.6 Å². The molecular weight excluding hydrogens is 443 g/mol. The smallest absolute Gasteiger partial charge is 0.343 e. The van der Waals surface area contributed by atoms with Crippen LogP contribution < -0.4 is 4.74 Å². The van der Waals surface area contributed by atoms with Crippen molar-refractivity contribution >= 4 is 21.7 Å². The number of ether oxygens (including phenoxy) is 2. The van der Waals surface area contributed by atoms with E-state index in [1.54, 1.807) is 31.2 Å². The fourth-order valence-corrected chi connectivity index (χ4v) is 5.19. The van der Waals surface area contributed by atoms with Crippen molar-refractivity contribution in [3.05, 3.63) is 52.6 Å². The number of nitro benzene ring substituents is 1. The van der Waals surface area contributed by atoms with Gasteiger partial charge < -0.3 is 9.47 Å². The van der Waals surface area contributed by atoms with Crippen molar-refractivity contribution in [2.75, 3.05) is 26.8 Å². The Labute approximate surface area is 184 Å². The summed E-state index contributed by atoms with van der Waals surface area (Å²) in [6, 6.07) is 9.95. The summed E-state index contributed by atoms with van der Waals surface area (Å²) in [6.07, 6.45) is -0.681. The maximum Gasteiger partial charge on any atom is 0.343 e. The molecule has 2 aromatic rings. The van der Waals surface area contributed by atoms with Gasteiger partial charge in [-0.25, -0.2) is 17.6 Å². The summed E-state index contributed by atoms with van der Waals surface area (Å²) in [5.41, 5.74) is -1.98. The largest absolute Gasteiger partial charge is 0.497 e. The van der Waals surface area contributed by atoms with Crippen molar-refractivity contribution in [1.82, 2.24) is 4.31 Å². The molecule has 0 aliphatic carbocycles. The van der Waals surface area contributed by atoms with E-state index in [1.165, 1.54) is 19.2 Å². The number of piperidine rings is 1. The highest BCUT2D eigenvalue weighted by molar-refractivity contribution is 7.89. The summed E-state index contributed by atoms with van der Waals surface area (Å²) < 4.78 is 52.7. The second-order valence-corrected chi connectivity index (χ2v) is 9.17. The van der Waals surface area contributed by atoms with E-state index in [0.29, 0.717) is 11.3 Å². The molecule has 1 aliphatic heterocycles. The van der Waals surface area contributed by atoms with E-state index in [9.17, 15) is 27.7 Å². The van der Waals surface area contributed by atoms with Crippen molar-refractivity contribution in [3.63, 3.8) is 0 Å². The molecule has 1 heterocycles. The van der Waals surface area contributed by atoms with E-state index in [1.807, 2.05) is 0 Å². The first-order valence-electron chi connectivity index (χ1n) is 9.91. The summed E-state index contributed by atoms with van der Waals surface area (Å²) in [6.45, 7) is 1.13. The average Bonchev–Trinajstić information content (AvgIpc) is 2.79. The predicted molar refractivity (Wildman–Crippen MR) is 114 cm³/mol. The number of hydrogen-bond donors (Lipinski definition) is 0. The third-order valence-electron chi connectivity index (χ3n) is 5.33. The SMILES string of the molecule is CCOC(=O)C1(F)CCN(S(=O)(=O)c2ccc([N+](=O)[O-])cc2-c2cccc(OC)c2)CC1. The molecule has 0 spiro atoms. The van der Waals surface area contributed by atoms with Gasteiger partial charge >= 0.3 is 5.97 Å². The fraction of sp³-hybridized carbons (Fsp3) is 0.381. The first-order valence-corrected chi connectivity index (χ1v) is 11.4. The highest BCUT2D eigenvalue weighted by atomic mass is 32.2. The maximum atomic E-state index is 14.9. The number of halogens is 1. The number of sulfonamides is 1. The molecule has 0 atom stereocenters. The highest BCUT2D eigenvalue weighted by Crippen LogP contribution is 2.37. The number of nitrogens with zero attached hydrogens (tertiary/aromatic N) is 2. The third-order valence-corrected chi connectivity index (χ3v) is 7.29. The van der Waals surface area contributed by atoms with Crippen LogP contribution in [0.15, 0.2) is 47.4 Å². The molecule has 9 nitrogen and oxygen atoms in total. The lowest BCUT2D eigenvalue weighted by Crippen LogP contribution is -2.49. The number of benzene rings is 2. The van der Waals surface area contributed by atoms with Crippen molar-refractivity contribution in [3.8, 4) is 16.9 Å². The van der Waals surface area contributed by atoms with E-state index in [-0.39, 0.29) is 48.7 Å². The number of methoxy groups -OCH3 is 1. The topological polar surface area (TPSA) is 116 Å². The van der Waals surface area contributed by atoms with Gasteiger partial charge in [0.2, 0.25) is 15.7 Å². The molecular formula is C21H23FN2O7S. The van der Waals surface area contributed by atoms with E-state index in [0.717, 1.165) is 10.4 Å². The van der Waals surface area contributed by atoms with Crippen molar-refractivity contribution in [1.29, 1.82) is 0 Å². The van der Waals surface area contributed by atoms with Gasteiger partial charge in [0.05, 0.1) is 23.5 Å². The number of alkyl halides is 1. The summed E-state index contributed by atoms with van der Waals surface area (Å²) >= 11 is 0. The molecule has 0 radical (unpaired) electrons. The van der Waals surface area contributed by atoms with Crippen LogP contribution in [0.4, 0.5) is 10.1 Å². The van der Waals surface area contributed by atoms with Gasteiger partial charge in [0.1, 0.15) is 5.75 Å². The van der Waals surface area contributed by atoms with E-state index < -0.39 is 26.6 Å². The lowest BCUT2D eigenvalue weighted by atomic mass is 9.95. The highest BCUT2D eigenvalue weighted by Gasteiger charge is 2.45. The molecule has 0 amide bonds. The van der Waals surface area contributed by atoms with Crippen LogP contribution in [0.1, 0.15) is 19.8 Å². The number of rotatable bonds is 7. The molecule has 0 saturated carbocycles. The third kappa shape index (κ3) is 4.58. The number of carbonyl (C=O) groups excluding carboxylic acids is 1. The Kier molecular flexibility index (Phi) is 6.79. The van der Waals surface area contributed by atoms with Gasteiger partial charge in [-0.15, -0.1) is 0 Å². The zero-order valence-corrected chi connectivity index (χ0v) is 18.4. The van der Waals surface area contributed by atoms with Crippen molar-refractivity contribution in [2.45, 2.75) is 30.3 Å². The average molecular weight is 466 g/mol. The molecule has 3 rings (SSSR count). The first-order chi connectivity index (χ1) is 15.1. The van der Waals surface area contributed by atoms with E-state index in [4.69, 9.17) is 9.47 Å². The number of esters is 1. The Bertz CT molecular complexity index is 1130. The lowest BCUT2D eigenvalue weighted by molar-refractivity contribution is -0.384. The monoisotopic (exact) mass is 466 g/mol. The Morgan fingerprint density at radius 2 is 1.91 bits per heavy atom. The number of carbonyl (C=O) groups is 1. The molecule has 1 saturated heterocycles. The quantitative estimate of drug-likeness (QED) is 0.349. The molecule has 0 aromatic heterocycles. The maximum absolute atomic E-state index is 14.9. The first kappa shape index (κ1) is 23.6. The molecule has 32 heavy (non-hydrogen) atoms. The second-order valence-electron chi connectivity index (χ2n) is 7.26. The van der Waals surface area contributed by atoms with Crippen LogP contribution in [-0.2, 0) is 19.6 Å². The minimum Gasteiger partial charge on any atom is -0.497 e. The number of hydrogen-bond acceptors (Lipinski definition) is 7. The van der Waals surface area contributed by atoms with Gasteiger partial charge in [0.25, 0.3) is 5.69 Å². The normalized spacial score (nSPS) is 16.3. The Morgan fingerprint density at radius 1 is 1.22 bits per heavy atom. The molecule has 0 bridgehead atoms. The Morgan fingerprint density at radius 3 is 2.50 bits per heavy atom. The van der Waals surface area contributed by atoms with Gasteiger partial charge in [-0.3, -0.25) is 10.1 Å². The zero-order valence-electron chi connectivity index (χ0n) is 17.6. The molecule has 11 heteroatoms. The van der Waals surface area contributed by atoms with E-state index >= 15 is 0 Å². The lowest BCUT2D eigenvalue weighted by Gasteiger charge is -2.34. The van der Waals surface area contributed by atoms with Gasteiger partial charge in [-0.05, 0) is 30.7 Å². The summed E-state index contributed by atoms with van der Waals surface area (Å²) in [5, 5.41) is 11.3. The molecule has 1 aliphatic rings. The van der Waals surface area contributed by atoms with Crippen LogP contribution in [0.25, 0.3) is 11.1 Å². The van der Waals surface area contributed by atoms with E-state index in [2.05, 4.69) is 0 Å². The molecule has 0 N–H and O–H groups in total. The fourth-order valence-electron chi connectivity index (χ4n) is 3.56. The standard InChI is InChI=1S/C21H23FN2O7S/c1-3-31-20(25)21(22)9-11-23(12-10-21)32(28,29)19-8-7-16(24(26)27)14-18(19)15-5-4-6-17(13-15)30-2/h4-8,13-14H,3,9-12H2,1-2H3. The van der Waals surface area contributed by atoms with Gasteiger partial charge in [-0.2, -0.15) is 4.31 Å². The summed E-state index contributed by atoms with van der Waals surface area (Å²) in [4.78, 5) is 22.4. The van der Waals surface area contributed by atoms with Crippen LogP contribution in [0, 0.1) is 10.1 Å². The van der Waals surface area contributed by atoms with Crippen LogP contribution in [-0.4, -0.2) is 56.1 Å². The zero-order chi connectivity index (χ0) is 23.5. The molecule has 0 unspecified atom stereocenters.